The number of hydrogen-bond acceptors (Lipinski definition) is 4. The summed E-state index contributed by atoms with van der Waals surface area (Å²) in [5.41, 5.74) is 6.89. The fraction of sp³-hybridized carbons (Fsp3) is 0.273. The first-order valence-corrected chi connectivity index (χ1v) is 4.83. The number of carbonyl (C=O) groups is 2. The van der Waals surface area contributed by atoms with Gasteiger partial charge in [-0.1, -0.05) is 18.2 Å². The molecule has 0 amide bonds. The summed E-state index contributed by atoms with van der Waals surface area (Å²) in [6, 6.07) is 6.18. The van der Waals surface area contributed by atoms with Crippen molar-refractivity contribution in [2.75, 3.05) is 11.9 Å². The van der Waals surface area contributed by atoms with Crippen LogP contribution in [-0.4, -0.2) is 23.4 Å². The number of rotatable bonds is 5. The zero-order valence-corrected chi connectivity index (χ0v) is 8.93. The molecule has 0 saturated heterocycles. The van der Waals surface area contributed by atoms with E-state index in [1.807, 2.05) is 0 Å². The van der Waals surface area contributed by atoms with Gasteiger partial charge in [0.1, 0.15) is 6.54 Å². The summed E-state index contributed by atoms with van der Waals surface area (Å²) in [5.74, 6) is -1.13. The number of nitrogens with two attached hydrogens (primary N) is 1. The predicted molar refractivity (Wildman–Crippen MR) is 60.2 cm³/mol. The van der Waals surface area contributed by atoms with E-state index in [9.17, 15) is 9.59 Å². The molecule has 0 heterocycles. The maximum Gasteiger partial charge on any atom is 0.322 e. The SMILES string of the molecule is CC(=O)C(N)c1ccccc1NCC(=O)O. The van der Waals surface area contributed by atoms with E-state index in [2.05, 4.69) is 5.32 Å². The molecule has 1 unspecified atom stereocenters. The Labute approximate surface area is 93.3 Å². The Balaban J connectivity index is 2.91. The molecule has 4 N–H and O–H groups in total. The molecule has 0 radical (unpaired) electrons. The van der Waals surface area contributed by atoms with Gasteiger partial charge in [-0.3, -0.25) is 9.59 Å². The highest BCUT2D eigenvalue weighted by atomic mass is 16.4. The maximum absolute atomic E-state index is 11.2. The second kappa shape index (κ2) is 5.27. The van der Waals surface area contributed by atoms with Crippen molar-refractivity contribution in [3.05, 3.63) is 29.8 Å². The van der Waals surface area contributed by atoms with E-state index < -0.39 is 12.0 Å². The zero-order valence-electron chi connectivity index (χ0n) is 8.93. The van der Waals surface area contributed by atoms with Gasteiger partial charge in [0.25, 0.3) is 0 Å². The van der Waals surface area contributed by atoms with Crippen molar-refractivity contribution in [3.63, 3.8) is 0 Å². The summed E-state index contributed by atoms with van der Waals surface area (Å²) < 4.78 is 0. The number of carbonyl (C=O) groups excluding carboxylic acids is 1. The van der Waals surface area contributed by atoms with Crippen molar-refractivity contribution >= 4 is 17.4 Å². The molecule has 86 valence electrons. The van der Waals surface area contributed by atoms with E-state index in [0.717, 1.165) is 0 Å². The van der Waals surface area contributed by atoms with Crippen molar-refractivity contribution in [2.45, 2.75) is 13.0 Å². The van der Waals surface area contributed by atoms with E-state index in [1.165, 1.54) is 6.92 Å². The molecule has 0 spiro atoms. The molecule has 1 rings (SSSR count). The number of ketones is 1. The van der Waals surface area contributed by atoms with Crippen LogP contribution in [0.4, 0.5) is 5.69 Å². The minimum atomic E-state index is -0.966. The van der Waals surface area contributed by atoms with Gasteiger partial charge in [-0.2, -0.15) is 0 Å². The largest absolute Gasteiger partial charge is 0.480 e. The van der Waals surface area contributed by atoms with Crippen LogP contribution in [0.3, 0.4) is 0 Å². The van der Waals surface area contributed by atoms with Crippen LogP contribution in [0, 0.1) is 0 Å². The number of aliphatic carboxylic acids is 1. The molecule has 0 aliphatic rings. The summed E-state index contributed by atoms with van der Waals surface area (Å²) in [5, 5.41) is 11.3. The topological polar surface area (TPSA) is 92.4 Å². The molecule has 5 nitrogen and oxygen atoms in total. The van der Waals surface area contributed by atoms with Crippen LogP contribution >= 0.6 is 0 Å². The summed E-state index contributed by atoms with van der Waals surface area (Å²) in [4.78, 5) is 21.6. The number of carboxylic acid groups (broad SMARTS) is 1. The van der Waals surface area contributed by atoms with Crippen molar-refractivity contribution in [1.82, 2.24) is 0 Å². The maximum atomic E-state index is 11.2. The lowest BCUT2D eigenvalue weighted by atomic mass is 10.0. The van der Waals surface area contributed by atoms with Crippen molar-refractivity contribution in [1.29, 1.82) is 0 Å². The van der Waals surface area contributed by atoms with Gasteiger partial charge in [0, 0.05) is 5.69 Å². The number of carboxylic acids is 1. The number of benzene rings is 1. The van der Waals surface area contributed by atoms with Crippen LogP contribution in [0.5, 0.6) is 0 Å². The van der Waals surface area contributed by atoms with E-state index in [0.29, 0.717) is 11.3 Å². The van der Waals surface area contributed by atoms with Crippen LogP contribution in [0.2, 0.25) is 0 Å². The molecule has 0 saturated carbocycles. The second-order valence-electron chi connectivity index (χ2n) is 3.42. The smallest absolute Gasteiger partial charge is 0.322 e. The van der Waals surface area contributed by atoms with Crippen LogP contribution in [-0.2, 0) is 9.59 Å². The van der Waals surface area contributed by atoms with Crippen LogP contribution < -0.4 is 11.1 Å². The van der Waals surface area contributed by atoms with Gasteiger partial charge in [-0.05, 0) is 18.6 Å². The van der Waals surface area contributed by atoms with Crippen molar-refractivity contribution in [2.24, 2.45) is 5.73 Å². The Bertz CT molecular complexity index is 404. The Morgan fingerprint density at radius 1 is 1.44 bits per heavy atom. The van der Waals surface area contributed by atoms with E-state index in [1.54, 1.807) is 24.3 Å². The van der Waals surface area contributed by atoms with Gasteiger partial charge in [-0.15, -0.1) is 0 Å². The minimum Gasteiger partial charge on any atom is -0.480 e. The molecule has 0 aliphatic heterocycles. The Morgan fingerprint density at radius 2 is 2.06 bits per heavy atom. The van der Waals surface area contributed by atoms with Gasteiger partial charge in [0.05, 0.1) is 6.04 Å². The molecule has 5 heteroatoms. The van der Waals surface area contributed by atoms with Crippen molar-refractivity contribution in [3.8, 4) is 0 Å². The van der Waals surface area contributed by atoms with Crippen molar-refractivity contribution < 1.29 is 14.7 Å². The highest BCUT2D eigenvalue weighted by Gasteiger charge is 2.14. The fourth-order valence-electron chi connectivity index (χ4n) is 1.32. The van der Waals surface area contributed by atoms with Gasteiger partial charge >= 0.3 is 5.97 Å². The minimum absolute atomic E-state index is 0.162. The fourth-order valence-corrected chi connectivity index (χ4v) is 1.32. The number of Topliss-reactive ketones (excluding diaryl/α,β-unsaturated/α-hetero) is 1. The van der Waals surface area contributed by atoms with Crippen LogP contribution in [0.15, 0.2) is 24.3 Å². The molecule has 0 fully saturated rings. The Kier molecular flexibility index (Phi) is 4.02. The monoisotopic (exact) mass is 222 g/mol. The van der Waals surface area contributed by atoms with E-state index in [4.69, 9.17) is 10.8 Å². The Hall–Kier alpha value is -1.88. The summed E-state index contributed by atoms with van der Waals surface area (Å²) in [6.07, 6.45) is 0. The average molecular weight is 222 g/mol. The third-order valence-corrected chi connectivity index (χ3v) is 2.16. The first-order valence-electron chi connectivity index (χ1n) is 4.83. The molecule has 0 bridgehead atoms. The van der Waals surface area contributed by atoms with Gasteiger partial charge in [0.2, 0.25) is 0 Å². The first kappa shape index (κ1) is 12.2. The standard InChI is InChI=1S/C11H14N2O3/c1-7(14)11(12)8-4-2-3-5-9(8)13-6-10(15)16/h2-5,11,13H,6,12H2,1H3,(H,15,16). The summed E-state index contributed by atoms with van der Waals surface area (Å²) in [6.45, 7) is 1.19. The molecule has 1 aromatic carbocycles. The van der Waals surface area contributed by atoms with Gasteiger partial charge < -0.3 is 16.2 Å². The predicted octanol–water partition coefficient (Wildman–Crippen LogP) is 0.772. The third kappa shape index (κ3) is 3.06. The number of para-hydroxylation sites is 1. The highest BCUT2D eigenvalue weighted by molar-refractivity contribution is 5.85. The summed E-state index contributed by atoms with van der Waals surface area (Å²) in [7, 11) is 0. The normalized spacial score (nSPS) is 11.9. The lowest BCUT2D eigenvalue weighted by Gasteiger charge is -2.14. The second-order valence-corrected chi connectivity index (χ2v) is 3.42. The lowest BCUT2D eigenvalue weighted by molar-refractivity contribution is -0.134. The zero-order chi connectivity index (χ0) is 12.1. The number of anilines is 1. The van der Waals surface area contributed by atoms with E-state index >= 15 is 0 Å². The summed E-state index contributed by atoms with van der Waals surface area (Å²) >= 11 is 0. The molecule has 1 atom stereocenters. The van der Waals surface area contributed by atoms with Crippen LogP contribution in [0.1, 0.15) is 18.5 Å². The first-order chi connectivity index (χ1) is 7.52. The number of hydrogen-bond donors (Lipinski definition) is 3. The quantitative estimate of drug-likeness (QED) is 0.684. The molecular weight excluding hydrogens is 208 g/mol. The Morgan fingerprint density at radius 3 is 2.62 bits per heavy atom. The van der Waals surface area contributed by atoms with Gasteiger partial charge in [-0.25, -0.2) is 0 Å². The molecule has 0 aliphatic carbocycles. The molecular formula is C11H14N2O3. The number of nitrogens with one attached hydrogen (secondary N) is 1. The molecule has 1 aromatic rings. The average Bonchev–Trinajstić information content (AvgIpc) is 2.25. The van der Waals surface area contributed by atoms with E-state index in [-0.39, 0.29) is 12.3 Å². The lowest BCUT2D eigenvalue weighted by Crippen LogP contribution is -2.21. The molecule has 16 heavy (non-hydrogen) atoms. The van der Waals surface area contributed by atoms with Crippen LogP contribution in [0.25, 0.3) is 0 Å². The highest BCUT2D eigenvalue weighted by Crippen LogP contribution is 2.21. The van der Waals surface area contributed by atoms with Gasteiger partial charge in [0.15, 0.2) is 5.78 Å². The molecule has 0 aromatic heterocycles. The third-order valence-electron chi connectivity index (χ3n) is 2.16.